The molecule has 3 aromatic rings. The van der Waals surface area contributed by atoms with Crippen LogP contribution in [0.4, 0.5) is 16.4 Å². The summed E-state index contributed by atoms with van der Waals surface area (Å²) in [6.45, 7) is -0.0834. The monoisotopic (exact) mass is 387 g/mol. The van der Waals surface area contributed by atoms with Gasteiger partial charge in [0, 0.05) is 30.3 Å². The fourth-order valence-electron chi connectivity index (χ4n) is 2.98. The molecule has 0 aliphatic carbocycles. The summed E-state index contributed by atoms with van der Waals surface area (Å²) in [5, 5.41) is 9.54. The first-order valence-electron chi connectivity index (χ1n) is 9.02. The number of rotatable bonds is 5. The zero-order chi connectivity index (χ0) is 20.6. The van der Waals surface area contributed by atoms with Gasteiger partial charge in [0.05, 0.1) is 11.6 Å². The summed E-state index contributed by atoms with van der Waals surface area (Å²) < 4.78 is 0. The number of aliphatic hydroxyl groups is 1. The SMILES string of the molecule is NC(=O)N(c1cccc(C#Cc2cnc(N)nc2)c1)C(CCO)c1ccccc1. The molecule has 1 unspecified atom stereocenters. The third-order valence-electron chi connectivity index (χ3n) is 4.28. The van der Waals surface area contributed by atoms with Gasteiger partial charge < -0.3 is 16.6 Å². The van der Waals surface area contributed by atoms with Crippen LogP contribution in [0.15, 0.2) is 67.0 Å². The van der Waals surface area contributed by atoms with Gasteiger partial charge in [-0.15, -0.1) is 0 Å². The molecule has 29 heavy (non-hydrogen) atoms. The van der Waals surface area contributed by atoms with Crippen LogP contribution in [0.3, 0.4) is 0 Å². The van der Waals surface area contributed by atoms with Crippen molar-refractivity contribution in [3.63, 3.8) is 0 Å². The molecule has 0 aliphatic heterocycles. The van der Waals surface area contributed by atoms with Crippen molar-refractivity contribution >= 4 is 17.7 Å². The Bertz CT molecular complexity index is 1030. The van der Waals surface area contributed by atoms with Crippen LogP contribution in [0.2, 0.25) is 0 Å². The maximum absolute atomic E-state index is 12.3. The number of carbonyl (C=O) groups excluding carboxylic acids is 1. The summed E-state index contributed by atoms with van der Waals surface area (Å²) in [7, 11) is 0. The highest BCUT2D eigenvalue weighted by Gasteiger charge is 2.24. The van der Waals surface area contributed by atoms with E-state index in [0.717, 1.165) is 5.56 Å². The number of aliphatic hydroxyl groups excluding tert-OH is 1. The van der Waals surface area contributed by atoms with Gasteiger partial charge in [-0.2, -0.15) is 0 Å². The predicted octanol–water partition coefficient (Wildman–Crippen LogP) is 2.47. The molecule has 0 saturated carbocycles. The van der Waals surface area contributed by atoms with Crippen molar-refractivity contribution in [1.82, 2.24) is 9.97 Å². The van der Waals surface area contributed by atoms with E-state index in [1.165, 1.54) is 4.90 Å². The second-order valence-corrected chi connectivity index (χ2v) is 6.28. The fraction of sp³-hybridized carbons (Fsp3) is 0.136. The largest absolute Gasteiger partial charge is 0.396 e. The molecule has 5 N–H and O–H groups in total. The number of anilines is 2. The maximum atomic E-state index is 12.3. The Kier molecular flexibility index (Phi) is 6.40. The Labute approximate surface area is 169 Å². The number of carbonyl (C=O) groups is 1. The lowest BCUT2D eigenvalue weighted by molar-refractivity contribution is 0.245. The molecule has 7 nitrogen and oxygen atoms in total. The average molecular weight is 387 g/mol. The molecule has 0 radical (unpaired) electrons. The van der Waals surface area contributed by atoms with Crippen molar-refractivity contribution in [1.29, 1.82) is 0 Å². The summed E-state index contributed by atoms with van der Waals surface area (Å²) in [4.78, 5) is 21.6. The summed E-state index contributed by atoms with van der Waals surface area (Å²) in [6.07, 6.45) is 3.44. The second kappa shape index (κ2) is 9.35. The molecule has 1 aromatic heterocycles. The number of benzene rings is 2. The molecule has 0 bridgehead atoms. The number of amides is 2. The Morgan fingerprint density at radius 3 is 2.38 bits per heavy atom. The Morgan fingerprint density at radius 2 is 1.72 bits per heavy atom. The highest BCUT2D eigenvalue weighted by atomic mass is 16.3. The molecule has 0 aliphatic rings. The zero-order valence-electron chi connectivity index (χ0n) is 15.7. The first-order valence-corrected chi connectivity index (χ1v) is 9.02. The molecule has 0 fully saturated rings. The van der Waals surface area contributed by atoms with E-state index in [4.69, 9.17) is 11.5 Å². The maximum Gasteiger partial charge on any atom is 0.319 e. The van der Waals surface area contributed by atoms with Crippen LogP contribution in [0.5, 0.6) is 0 Å². The smallest absolute Gasteiger partial charge is 0.319 e. The topological polar surface area (TPSA) is 118 Å². The first-order chi connectivity index (χ1) is 14.1. The van der Waals surface area contributed by atoms with Gasteiger partial charge in [-0.05, 0) is 30.2 Å². The van der Waals surface area contributed by atoms with Crippen LogP contribution in [-0.4, -0.2) is 27.7 Å². The number of hydrogen-bond donors (Lipinski definition) is 3. The van der Waals surface area contributed by atoms with Crippen LogP contribution in [0.1, 0.15) is 29.2 Å². The van der Waals surface area contributed by atoms with Crippen LogP contribution in [0.25, 0.3) is 0 Å². The lowest BCUT2D eigenvalue weighted by Gasteiger charge is -2.30. The molecule has 1 heterocycles. The van der Waals surface area contributed by atoms with E-state index < -0.39 is 12.1 Å². The number of nitrogens with zero attached hydrogens (tertiary/aromatic N) is 3. The van der Waals surface area contributed by atoms with E-state index in [0.29, 0.717) is 23.2 Å². The van der Waals surface area contributed by atoms with E-state index in [1.807, 2.05) is 36.4 Å². The third-order valence-corrected chi connectivity index (χ3v) is 4.28. The van der Waals surface area contributed by atoms with Crippen molar-refractivity contribution in [2.45, 2.75) is 12.5 Å². The molecule has 0 saturated heterocycles. The van der Waals surface area contributed by atoms with Crippen molar-refractivity contribution in [2.24, 2.45) is 5.73 Å². The third kappa shape index (κ3) is 5.09. The highest BCUT2D eigenvalue weighted by molar-refractivity contribution is 5.91. The molecular formula is C22H21N5O2. The second-order valence-electron chi connectivity index (χ2n) is 6.28. The van der Waals surface area contributed by atoms with Crippen molar-refractivity contribution < 1.29 is 9.90 Å². The van der Waals surface area contributed by atoms with Gasteiger partial charge in [0.1, 0.15) is 0 Å². The van der Waals surface area contributed by atoms with Gasteiger partial charge >= 0.3 is 6.03 Å². The fourth-order valence-corrected chi connectivity index (χ4v) is 2.98. The van der Waals surface area contributed by atoms with Gasteiger partial charge in [-0.25, -0.2) is 14.8 Å². The van der Waals surface area contributed by atoms with Crippen LogP contribution >= 0.6 is 0 Å². The van der Waals surface area contributed by atoms with Crippen LogP contribution in [0, 0.1) is 11.8 Å². The van der Waals surface area contributed by atoms with Gasteiger partial charge in [-0.1, -0.05) is 48.2 Å². The standard InChI is InChI=1S/C22H21N5O2/c23-21-25-14-17(15-26-21)10-9-16-5-4-8-19(13-16)27(22(24)29)20(11-12-28)18-6-2-1-3-7-18/h1-8,13-15,20,28H,11-12H2,(H2,24,29)(H2,23,25,26). The first kappa shape index (κ1) is 19.9. The van der Waals surface area contributed by atoms with Gasteiger partial charge in [0.25, 0.3) is 0 Å². The van der Waals surface area contributed by atoms with Crippen LogP contribution < -0.4 is 16.4 Å². The zero-order valence-corrected chi connectivity index (χ0v) is 15.7. The number of nitrogen functional groups attached to an aromatic ring is 1. The molecule has 146 valence electrons. The summed E-state index contributed by atoms with van der Waals surface area (Å²) in [5.74, 6) is 6.18. The van der Waals surface area contributed by atoms with E-state index in [1.54, 1.807) is 30.6 Å². The molecule has 0 spiro atoms. The Hall–Kier alpha value is -3.89. The van der Waals surface area contributed by atoms with Gasteiger partial charge in [0.2, 0.25) is 5.95 Å². The highest BCUT2D eigenvalue weighted by Crippen LogP contribution is 2.30. The van der Waals surface area contributed by atoms with Crippen LogP contribution in [-0.2, 0) is 0 Å². The normalized spacial score (nSPS) is 11.2. The lowest BCUT2D eigenvalue weighted by atomic mass is 10.0. The van der Waals surface area contributed by atoms with Crippen molar-refractivity contribution in [3.05, 3.63) is 83.7 Å². The number of urea groups is 1. The molecule has 1 atom stereocenters. The number of primary amides is 1. The van der Waals surface area contributed by atoms with Gasteiger partial charge in [-0.3, -0.25) is 4.90 Å². The minimum Gasteiger partial charge on any atom is -0.396 e. The molecular weight excluding hydrogens is 366 g/mol. The summed E-state index contributed by atoms with van der Waals surface area (Å²) in [5.41, 5.74) is 14.0. The minimum absolute atomic E-state index is 0.0834. The lowest BCUT2D eigenvalue weighted by Crippen LogP contribution is -2.39. The van der Waals surface area contributed by atoms with E-state index in [9.17, 15) is 9.90 Å². The predicted molar refractivity (Wildman–Crippen MR) is 112 cm³/mol. The number of hydrogen-bond acceptors (Lipinski definition) is 5. The Balaban J connectivity index is 1.95. The van der Waals surface area contributed by atoms with Gasteiger partial charge in [0.15, 0.2) is 0 Å². The average Bonchev–Trinajstić information content (AvgIpc) is 2.74. The molecule has 3 rings (SSSR count). The van der Waals surface area contributed by atoms with Crippen molar-refractivity contribution in [3.8, 4) is 11.8 Å². The van der Waals surface area contributed by atoms with E-state index in [-0.39, 0.29) is 12.6 Å². The van der Waals surface area contributed by atoms with E-state index in [2.05, 4.69) is 21.8 Å². The molecule has 2 amide bonds. The van der Waals surface area contributed by atoms with Crippen molar-refractivity contribution in [2.75, 3.05) is 17.2 Å². The number of nitrogens with two attached hydrogens (primary N) is 2. The molecule has 2 aromatic carbocycles. The quantitative estimate of drug-likeness (QED) is 0.581. The Morgan fingerprint density at radius 1 is 1.03 bits per heavy atom. The molecule has 7 heteroatoms. The van der Waals surface area contributed by atoms with E-state index >= 15 is 0 Å². The number of aromatic nitrogens is 2. The minimum atomic E-state index is -0.607. The summed E-state index contributed by atoms with van der Waals surface area (Å²) >= 11 is 0. The summed E-state index contributed by atoms with van der Waals surface area (Å²) in [6, 6.07) is 15.7.